The number of piperidine rings is 1. The molecule has 4 aromatic rings. The number of aromatic hydroxyl groups is 1. The quantitative estimate of drug-likeness (QED) is 0.280. The number of terminal acetylenes is 1. The van der Waals surface area contributed by atoms with Gasteiger partial charge in [-0.15, -0.1) is 6.42 Å². The van der Waals surface area contributed by atoms with Crippen LogP contribution < -0.4 is 19.7 Å². The second-order valence-electron chi connectivity index (χ2n) is 13.9. The fourth-order valence-electron chi connectivity index (χ4n) is 9.06. The largest absolute Gasteiger partial charge is 0.508 e. The molecule has 5 atom stereocenters. The number of rotatable bonds is 5. The number of aromatic nitrogens is 3. The Morgan fingerprint density at radius 3 is 2.90 bits per heavy atom. The molecule has 0 amide bonds. The van der Waals surface area contributed by atoms with Crippen LogP contribution in [0.4, 0.5) is 19.0 Å². The Bertz CT molecular complexity index is 2020. The summed E-state index contributed by atoms with van der Waals surface area (Å²) in [6.07, 6.45) is 11.0. The highest BCUT2D eigenvalue weighted by molar-refractivity contribution is 6.04. The molecule has 7 heterocycles. The maximum absolute atomic E-state index is 17.1. The molecule has 9 nitrogen and oxygen atoms in total. The van der Waals surface area contributed by atoms with Gasteiger partial charge in [0, 0.05) is 48.1 Å². The van der Waals surface area contributed by atoms with E-state index in [9.17, 15) is 13.9 Å². The fourth-order valence-corrected chi connectivity index (χ4v) is 9.06. The van der Waals surface area contributed by atoms with Gasteiger partial charge >= 0.3 is 6.01 Å². The molecule has 2 aromatic heterocycles. The molecule has 0 saturated carbocycles. The molecule has 2 bridgehead atoms. The van der Waals surface area contributed by atoms with Crippen molar-refractivity contribution in [2.45, 2.75) is 74.8 Å². The highest BCUT2D eigenvalue weighted by Gasteiger charge is 2.48. The Hall–Kier alpha value is -4.34. The fraction of sp³-hybridized carbons (Fsp3) is 0.472. The van der Waals surface area contributed by atoms with Crippen molar-refractivity contribution < 1.29 is 27.8 Å². The van der Waals surface area contributed by atoms with Crippen molar-refractivity contribution >= 4 is 27.5 Å². The van der Waals surface area contributed by atoms with Gasteiger partial charge in [-0.2, -0.15) is 9.97 Å². The number of nitrogens with zero attached hydrogens (tertiary/aromatic N) is 5. The van der Waals surface area contributed by atoms with Gasteiger partial charge in [0.2, 0.25) is 5.88 Å². The van der Waals surface area contributed by atoms with Crippen molar-refractivity contribution in [3.8, 4) is 41.2 Å². The Kier molecular flexibility index (Phi) is 6.89. The summed E-state index contributed by atoms with van der Waals surface area (Å²) in [7, 11) is 0. The third-order valence-electron chi connectivity index (χ3n) is 11.2. The SMILES string of the molecule is C#Cc1c(F)ccc2cc(O)cc(-c3nc4c5c(nc(OCC[C@@]67CCCN6C[C@H](F)C7)nc5c3F)N3C[C@@H]5CCC[C@@H](N5)[C@@H]3CO4)c12. The first-order chi connectivity index (χ1) is 23.3. The lowest BCUT2D eigenvalue weighted by Crippen LogP contribution is -2.65. The third-order valence-corrected chi connectivity index (χ3v) is 11.2. The predicted molar refractivity (Wildman–Crippen MR) is 174 cm³/mol. The maximum atomic E-state index is 17.1. The first-order valence-electron chi connectivity index (χ1n) is 16.8. The van der Waals surface area contributed by atoms with Gasteiger partial charge in [-0.25, -0.2) is 18.2 Å². The number of alkyl halides is 1. The highest BCUT2D eigenvalue weighted by Crippen LogP contribution is 2.45. The molecule has 5 aliphatic heterocycles. The van der Waals surface area contributed by atoms with Gasteiger partial charge < -0.3 is 24.8 Å². The minimum absolute atomic E-state index is 0.00992. The molecule has 12 heteroatoms. The van der Waals surface area contributed by atoms with Crippen LogP contribution in [0, 0.1) is 24.0 Å². The van der Waals surface area contributed by atoms with Crippen LogP contribution in [-0.2, 0) is 0 Å². The zero-order chi connectivity index (χ0) is 32.7. The number of hydrogen-bond donors (Lipinski definition) is 2. The summed E-state index contributed by atoms with van der Waals surface area (Å²) in [5, 5.41) is 15.4. The van der Waals surface area contributed by atoms with Crippen LogP contribution >= 0.6 is 0 Å². The number of halogens is 3. The highest BCUT2D eigenvalue weighted by atomic mass is 19.1. The number of benzene rings is 2. The van der Waals surface area contributed by atoms with Crippen LogP contribution in [0.2, 0.25) is 0 Å². The summed E-state index contributed by atoms with van der Waals surface area (Å²) in [5.74, 6) is 1.41. The first-order valence-corrected chi connectivity index (χ1v) is 16.8. The van der Waals surface area contributed by atoms with E-state index in [4.69, 9.17) is 20.9 Å². The molecule has 4 fully saturated rings. The summed E-state index contributed by atoms with van der Waals surface area (Å²) in [5.41, 5.74) is -0.442. The van der Waals surface area contributed by atoms with Gasteiger partial charge in [-0.3, -0.25) is 4.90 Å². The number of phenols is 1. The Balaban J connectivity index is 1.20. The minimum atomic E-state index is -0.852. The monoisotopic (exact) mass is 656 g/mol. The Labute approximate surface area is 275 Å². The zero-order valence-corrected chi connectivity index (χ0v) is 26.3. The van der Waals surface area contributed by atoms with E-state index < -0.39 is 17.8 Å². The molecule has 5 aliphatic rings. The lowest BCUT2D eigenvalue weighted by molar-refractivity contribution is 0.146. The van der Waals surface area contributed by atoms with Crippen molar-refractivity contribution in [1.29, 1.82) is 0 Å². The molecule has 0 unspecified atom stereocenters. The van der Waals surface area contributed by atoms with Crippen molar-refractivity contribution in [1.82, 2.24) is 25.2 Å². The van der Waals surface area contributed by atoms with Gasteiger partial charge in [0.05, 0.1) is 18.2 Å². The molecule has 2 aromatic carbocycles. The van der Waals surface area contributed by atoms with Gasteiger partial charge in [0.25, 0.3) is 0 Å². The third kappa shape index (κ3) is 4.58. The molecular formula is C36H35F3N6O3. The number of fused-ring (bicyclic) bond motifs is 7. The average molecular weight is 657 g/mol. The summed E-state index contributed by atoms with van der Waals surface area (Å²) >= 11 is 0. The van der Waals surface area contributed by atoms with Crippen molar-refractivity contribution in [3.63, 3.8) is 0 Å². The normalized spacial score (nSPS) is 27.8. The smallest absolute Gasteiger partial charge is 0.319 e. The lowest BCUT2D eigenvalue weighted by atomic mass is 9.88. The topological polar surface area (TPSA) is 95.9 Å². The van der Waals surface area contributed by atoms with Crippen LogP contribution in [0.3, 0.4) is 0 Å². The van der Waals surface area contributed by atoms with Crippen LogP contribution in [0.25, 0.3) is 32.9 Å². The van der Waals surface area contributed by atoms with E-state index in [0.29, 0.717) is 42.5 Å². The molecule has 9 rings (SSSR count). The van der Waals surface area contributed by atoms with Crippen LogP contribution in [-0.4, -0.2) is 87.6 Å². The molecule has 0 aliphatic carbocycles. The second kappa shape index (κ2) is 11.1. The van der Waals surface area contributed by atoms with E-state index in [0.717, 1.165) is 38.6 Å². The number of phenolic OH excluding ortho intramolecular Hbond substituents is 1. The predicted octanol–water partition coefficient (Wildman–Crippen LogP) is 5.25. The molecule has 248 valence electrons. The maximum Gasteiger partial charge on any atom is 0.319 e. The van der Waals surface area contributed by atoms with Gasteiger partial charge in [-0.05, 0) is 62.2 Å². The van der Waals surface area contributed by atoms with E-state index in [1.54, 1.807) is 0 Å². The summed E-state index contributed by atoms with van der Waals surface area (Å²) in [6, 6.07) is 5.77. The standard InChI is InChI=1S/C36H35F3N6O3/c1-2-23-25(38)8-7-19-13-22(46)14-24(28(19)23)31-30(39)32-29-33(45-17-21-5-3-6-26(40-21)27(45)18-48-34(29)41-31)43-35(42-32)47-12-10-36-9-4-11-44(36)16-20(37)15-36/h1,7-8,13-14,20-21,26-27,40,46H,3-6,9-12,15-18H2/t20-,21+,26-,27+,36-/m1/s1. The summed E-state index contributed by atoms with van der Waals surface area (Å²) in [4.78, 5) is 18.6. The molecule has 2 N–H and O–H groups in total. The van der Waals surface area contributed by atoms with Crippen LogP contribution in [0.15, 0.2) is 24.3 Å². The number of hydrogen-bond acceptors (Lipinski definition) is 9. The van der Waals surface area contributed by atoms with Crippen molar-refractivity contribution in [2.24, 2.45) is 0 Å². The zero-order valence-electron chi connectivity index (χ0n) is 26.3. The number of pyridine rings is 1. The van der Waals surface area contributed by atoms with Crippen molar-refractivity contribution in [2.75, 3.05) is 37.7 Å². The van der Waals surface area contributed by atoms with Gasteiger partial charge in [-0.1, -0.05) is 18.4 Å². The van der Waals surface area contributed by atoms with Crippen LogP contribution in [0.5, 0.6) is 17.6 Å². The number of nitrogens with one attached hydrogen (secondary N) is 1. The molecule has 0 spiro atoms. The second-order valence-corrected chi connectivity index (χ2v) is 13.9. The van der Waals surface area contributed by atoms with Gasteiger partial charge in [0.1, 0.15) is 46.8 Å². The number of anilines is 1. The van der Waals surface area contributed by atoms with Crippen molar-refractivity contribution in [3.05, 3.63) is 41.5 Å². The first kappa shape index (κ1) is 29.8. The van der Waals surface area contributed by atoms with E-state index in [1.807, 2.05) is 0 Å². The summed E-state index contributed by atoms with van der Waals surface area (Å²) in [6.45, 7) is 2.49. The molecule has 4 saturated heterocycles. The van der Waals surface area contributed by atoms with E-state index in [1.165, 1.54) is 24.3 Å². The Morgan fingerprint density at radius 2 is 2.02 bits per heavy atom. The summed E-state index contributed by atoms with van der Waals surface area (Å²) < 4.78 is 59.1. The number of ether oxygens (including phenoxy) is 2. The molecular weight excluding hydrogens is 621 g/mol. The van der Waals surface area contributed by atoms with E-state index in [2.05, 4.69) is 31.0 Å². The van der Waals surface area contributed by atoms with E-state index in [-0.39, 0.29) is 82.2 Å². The van der Waals surface area contributed by atoms with E-state index >= 15 is 4.39 Å². The molecule has 0 radical (unpaired) electrons. The Morgan fingerprint density at radius 1 is 1.12 bits per heavy atom. The number of piperazine rings is 1. The molecule has 48 heavy (non-hydrogen) atoms. The average Bonchev–Trinajstić information content (AvgIpc) is 3.54. The lowest BCUT2D eigenvalue weighted by Gasteiger charge is -2.48. The van der Waals surface area contributed by atoms with Crippen LogP contribution in [0.1, 0.15) is 50.5 Å². The minimum Gasteiger partial charge on any atom is -0.508 e. The van der Waals surface area contributed by atoms with Gasteiger partial charge in [0.15, 0.2) is 5.82 Å².